The second kappa shape index (κ2) is 8.11. The number of carbonyl (C=O) groups excluding carboxylic acids is 1. The highest BCUT2D eigenvalue weighted by Crippen LogP contribution is 2.38. The summed E-state index contributed by atoms with van der Waals surface area (Å²) in [6, 6.07) is 2.21. The first-order chi connectivity index (χ1) is 12.9. The lowest BCUT2D eigenvalue weighted by atomic mass is 9.89. The minimum atomic E-state index is -0.488. The summed E-state index contributed by atoms with van der Waals surface area (Å²) in [6.07, 6.45) is 0.570. The molecule has 3 rings (SSSR count). The largest absolute Gasteiger partial charge is 0.465 e. The van der Waals surface area contributed by atoms with Gasteiger partial charge in [0, 0.05) is 25.1 Å². The van der Waals surface area contributed by atoms with Crippen molar-refractivity contribution in [3.63, 3.8) is 0 Å². The van der Waals surface area contributed by atoms with Gasteiger partial charge in [-0.15, -0.1) is 0 Å². The van der Waals surface area contributed by atoms with Crippen molar-refractivity contribution in [3.8, 4) is 11.9 Å². The summed E-state index contributed by atoms with van der Waals surface area (Å²) in [6.45, 7) is 8.72. The third kappa shape index (κ3) is 4.31. The van der Waals surface area contributed by atoms with E-state index in [-0.39, 0.29) is 24.7 Å². The first-order valence-corrected chi connectivity index (χ1v) is 9.16. The van der Waals surface area contributed by atoms with Crippen molar-refractivity contribution < 1.29 is 23.7 Å². The van der Waals surface area contributed by atoms with Gasteiger partial charge in [0.05, 0.1) is 32.0 Å². The third-order valence-corrected chi connectivity index (χ3v) is 4.62. The summed E-state index contributed by atoms with van der Waals surface area (Å²) >= 11 is 0. The summed E-state index contributed by atoms with van der Waals surface area (Å²) in [5, 5.41) is 9.75. The zero-order valence-electron chi connectivity index (χ0n) is 16.0. The van der Waals surface area contributed by atoms with E-state index in [1.165, 1.54) is 0 Å². The number of nitrogens with zero attached hydrogens (tertiary/aromatic N) is 3. The Kier molecular flexibility index (Phi) is 5.82. The van der Waals surface area contributed by atoms with Crippen LogP contribution in [0.3, 0.4) is 0 Å². The van der Waals surface area contributed by atoms with Crippen LogP contribution in [-0.4, -0.2) is 56.1 Å². The number of anilines is 1. The highest BCUT2D eigenvalue weighted by atomic mass is 16.6. The van der Waals surface area contributed by atoms with Gasteiger partial charge in [-0.1, -0.05) is 0 Å². The number of esters is 1. The van der Waals surface area contributed by atoms with Gasteiger partial charge < -0.3 is 23.8 Å². The van der Waals surface area contributed by atoms with E-state index < -0.39 is 5.97 Å². The average Bonchev–Trinajstić information content (AvgIpc) is 2.65. The van der Waals surface area contributed by atoms with Gasteiger partial charge in [0.1, 0.15) is 17.5 Å². The number of pyridine rings is 1. The van der Waals surface area contributed by atoms with Crippen LogP contribution in [0.25, 0.3) is 0 Å². The number of carbonyl (C=O) groups is 1. The highest BCUT2D eigenvalue weighted by molar-refractivity contribution is 5.71. The van der Waals surface area contributed by atoms with E-state index in [4.69, 9.17) is 18.9 Å². The molecule has 0 unspecified atom stereocenters. The Labute approximate surface area is 159 Å². The van der Waals surface area contributed by atoms with Gasteiger partial charge in [0.15, 0.2) is 6.61 Å². The van der Waals surface area contributed by atoms with Gasteiger partial charge >= 0.3 is 5.97 Å². The number of hydrogen-bond donors (Lipinski definition) is 0. The van der Waals surface area contributed by atoms with Crippen molar-refractivity contribution in [1.29, 1.82) is 5.26 Å². The molecule has 1 fully saturated rings. The summed E-state index contributed by atoms with van der Waals surface area (Å²) < 4.78 is 21.9. The molecular formula is C19H25N3O5. The van der Waals surface area contributed by atoms with Crippen LogP contribution in [0.4, 0.5) is 5.82 Å². The van der Waals surface area contributed by atoms with E-state index in [9.17, 15) is 10.1 Å². The lowest BCUT2D eigenvalue weighted by Crippen LogP contribution is -2.39. The van der Waals surface area contributed by atoms with Crippen molar-refractivity contribution in [3.05, 3.63) is 16.7 Å². The normalized spacial score (nSPS) is 18.4. The highest BCUT2D eigenvalue weighted by Gasteiger charge is 2.34. The molecule has 1 saturated heterocycles. The lowest BCUT2D eigenvalue weighted by molar-refractivity contribution is -0.145. The Morgan fingerprint density at radius 1 is 1.33 bits per heavy atom. The molecule has 0 N–H and O–H groups in total. The van der Waals surface area contributed by atoms with Gasteiger partial charge in [-0.05, 0) is 26.3 Å². The van der Waals surface area contributed by atoms with Crippen LogP contribution in [0.15, 0.2) is 0 Å². The molecule has 2 aliphatic rings. The predicted octanol–water partition coefficient (Wildman–Crippen LogP) is 1.58. The fraction of sp³-hybridized carbons (Fsp3) is 0.632. The number of nitriles is 1. The molecule has 0 spiro atoms. The molecule has 8 nitrogen and oxygen atoms in total. The second-order valence-corrected chi connectivity index (χ2v) is 7.10. The average molecular weight is 375 g/mol. The lowest BCUT2D eigenvalue weighted by Gasteiger charge is -2.36. The summed E-state index contributed by atoms with van der Waals surface area (Å²) in [4.78, 5) is 18.4. The molecule has 0 atom stereocenters. The molecule has 3 heterocycles. The fourth-order valence-corrected chi connectivity index (χ4v) is 3.31. The molecule has 0 amide bonds. The van der Waals surface area contributed by atoms with Crippen molar-refractivity contribution in [2.75, 3.05) is 44.4 Å². The Hall–Kier alpha value is -2.37. The molecule has 2 aliphatic heterocycles. The standard InChI is InChI=1S/C19H25N3O5/c1-4-25-16(23)12-26-18-14(10-20)13-9-19(2,3)27-11-15(13)17(21-18)22-5-7-24-8-6-22/h4-9,11-12H2,1-3H3. The van der Waals surface area contributed by atoms with Crippen LogP contribution in [0.1, 0.15) is 37.5 Å². The maximum Gasteiger partial charge on any atom is 0.344 e. The smallest absolute Gasteiger partial charge is 0.344 e. The molecule has 1 aromatic heterocycles. The first kappa shape index (κ1) is 19.4. The van der Waals surface area contributed by atoms with Crippen LogP contribution >= 0.6 is 0 Å². The summed E-state index contributed by atoms with van der Waals surface area (Å²) in [5.41, 5.74) is 1.77. The van der Waals surface area contributed by atoms with Crippen molar-refractivity contribution in [2.24, 2.45) is 0 Å². The quantitative estimate of drug-likeness (QED) is 0.716. The number of ether oxygens (including phenoxy) is 4. The van der Waals surface area contributed by atoms with E-state index in [0.717, 1.165) is 16.9 Å². The van der Waals surface area contributed by atoms with Crippen LogP contribution in [0.2, 0.25) is 0 Å². The Morgan fingerprint density at radius 3 is 2.74 bits per heavy atom. The molecule has 0 aromatic carbocycles. The van der Waals surface area contributed by atoms with Gasteiger partial charge in [-0.25, -0.2) is 4.79 Å². The SMILES string of the molecule is CCOC(=O)COc1nc(N2CCOCC2)c2c(c1C#N)CC(C)(C)OC2. The monoisotopic (exact) mass is 375 g/mol. The van der Waals surface area contributed by atoms with Gasteiger partial charge in [0.2, 0.25) is 5.88 Å². The second-order valence-electron chi connectivity index (χ2n) is 7.10. The van der Waals surface area contributed by atoms with E-state index in [0.29, 0.717) is 44.9 Å². The molecule has 0 aliphatic carbocycles. The fourth-order valence-electron chi connectivity index (χ4n) is 3.31. The maximum absolute atomic E-state index is 11.7. The minimum absolute atomic E-state index is 0.170. The van der Waals surface area contributed by atoms with Crippen molar-refractivity contribution in [2.45, 2.75) is 39.4 Å². The van der Waals surface area contributed by atoms with Crippen molar-refractivity contribution >= 4 is 11.8 Å². The Bertz CT molecular complexity index is 751. The van der Waals surface area contributed by atoms with Gasteiger partial charge in [-0.3, -0.25) is 0 Å². The zero-order chi connectivity index (χ0) is 19.4. The van der Waals surface area contributed by atoms with E-state index in [2.05, 4.69) is 16.0 Å². The Morgan fingerprint density at radius 2 is 2.07 bits per heavy atom. The topological polar surface area (TPSA) is 93.9 Å². The van der Waals surface area contributed by atoms with Gasteiger partial charge in [-0.2, -0.15) is 10.2 Å². The number of hydrogen-bond acceptors (Lipinski definition) is 8. The molecule has 1 aromatic rings. The number of aromatic nitrogens is 1. The number of rotatable bonds is 5. The van der Waals surface area contributed by atoms with E-state index >= 15 is 0 Å². The van der Waals surface area contributed by atoms with E-state index in [1.54, 1.807) is 6.92 Å². The summed E-state index contributed by atoms with van der Waals surface area (Å²) in [5.74, 6) is 0.419. The van der Waals surface area contributed by atoms with Crippen LogP contribution in [-0.2, 0) is 32.0 Å². The molecular weight excluding hydrogens is 350 g/mol. The molecule has 27 heavy (non-hydrogen) atoms. The van der Waals surface area contributed by atoms with Gasteiger partial charge in [0.25, 0.3) is 0 Å². The maximum atomic E-state index is 11.7. The number of fused-ring (bicyclic) bond motifs is 1. The summed E-state index contributed by atoms with van der Waals surface area (Å²) in [7, 11) is 0. The minimum Gasteiger partial charge on any atom is -0.465 e. The van der Waals surface area contributed by atoms with Crippen LogP contribution in [0, 0.1) is 11.3 Å². The molecule has 0 radical (unpaired) electrons. The molecule has 146 valence electrons. The van der Waals surface area contributed by atoms with Crippen LogP contribution in [0.5, 0.6) is 5.88 Å². The zero-order valence-corrected chi connectivity index (χ0v) is 16.0. The van der Waals surface area contributed by atoms with E-state index in [1.807, 2.05) is 13.8 Å². The third-order valence-electron chi connectivity index (χ3n) is 4.62. The Balaban J connectivity index is 2.01. The molecule has 0 bridgehead atoms. The van der Waals surface area contributed by atoms with Crippen LogP contribution < -0.4 is 9.64 Å². The predicted molar refractivity (Wildman–Crippen MR) is 96.7 cm³/mol. The molecule has 8 heteroatoms. The molecule has 0 saturated carbocycles. The first-order valence-electron chi connectivity index (χ1n) is 9.16. The number of morpholine rings is 1. The van der Waals surface area contributed by atoms with Crippen molar-refractivity contribution in [1.82, 2.24) is 4.98 Å².